The van der Waals surface area contributed by atoms with Crippen molar-refractivity contribution in [1.82, 2.24) is 4.90 Å². The van der Waals surface area contributed by atoms with Crippen molar-refractivity contribution in [3.8, 4) is 0 Å². The number of fused-ring (bicyclic) bond motifs is 1. The Labute approximate surface area is 171 Å². The molecule has 1 N–H and O–H groups in total. The van der Waals surface area contributed by atoms with Gasteiger partial charge in [0.2, 0.25) is 5.91 Å². The number of rotatable bonds is 5. The van der Waals surface area contributed by atoms with E-state index in [9.17, 15) is 9.59 Å². The van der Waals surface area contributed by atoms with Crippen LogP contribution in [0.1, 0.15) is 41.6 Å². The van der Waals surface area contributed by atoms with Gasteiger partial charge in [0.25, 0.3) is 5.91 Å². The number of carbonyl (C=O) groups is 2. The Balaban J connectivity index is 1.44. The van der Waals surface area contributed by atoms with Gasteiger partial charge < -0.3 is 10.2 Å². The molecule has 0 unspecified atom stereocenters. The molecule has 4 nitrogen and oxygen atoms in total. The zero-order valence-corrected chi connectivity index (χ0v) is 16.6. The van der Waals surface area contributed by atoms with Crippen LogP contribution in [0.5, 0.6) is 0 Å². The number of nitrogens with zero attached hydrogens (tertiary/aromatic N) is 1. The largest absolute Gasteiger partial charge is 0.339 e. The first-order valence-electron chi connectivity index (χ1n) is 10.4. The van der Waals surface area contributed by atoms with E-state index in [2.05, 4.69) is 29.6 Å². The number of hydrogen-bond acceptors (Lipinski definition) is 2. The van der Waals surface area contributed by atoms with Gasteiger partial charge in [-0.25, -0.2) is 0 Å². The molecule has 4 rings (SSSR count). The molecule has 0 radical (unpaired) electrons. The molecule has 1 heterocycles. The van der Waals surface area contributed by atoms with Crippen LogP contribution in [-0.2, 0) is 11.2 Å². The third-order valence-corrected chi connectivity index (χ3v) is 5.58. The summed E-state index contributed by atoms with van der Waals surface area (Å²) in [5.74, 6) is -0.0634. The Bertz CT molecular complexity index is 1020. The van der Waals surface area contributed by atoms with Gasteiger partial charge in [-0.15, -0.1) is 0 Å². The van der Waals surface area contributed by atoms with Gasteiger partial charge in [0.05, 0.1) is 11.3 Å². The number of piperidine rings is 1. The van der Waals surface area contributed by atoms with Gasteiger partial charge in [-0.3, -0.25) is 9.59 Å². The van der Waals surface area contributed by atoms with Crippen LogP contribution >= 0.6 is 0 Å². The molecule has 4 heteroatoms. The Morgan fingerprint density at radius 2 is 1.55 bits per heavy atom. The summed E-state index contributed by atoms with van der Waals surface area (Å²) in [6, 6.07) is 21.7. The van der Waals surface area contributed by atoms with E-state index in [4.69, 9.17) is 0 Å². The lowest BCUT2D eigenvalue weighted by molar-refractivity contribution is -0.116. The van der Waals surface area contributed by atoms with Gasteiger partial charge >= 0.3 is 0 Å². The molecular weight excluding hydrogens is 360 g/mol. The number of likely N-dealkylation sites (tertiary alicyclic amines) is 1. The van der Waals surface area contributed by atoms with Crippen molar-refractivity contribution in [2.75, 3.05) is 18.4 Å². The monoisotopic (exact) mass is 386 g/mol. The number of anilines is 1. The van der Waals surface area contributed by atoms with Crippen molar-refractivity contribution < 1.29 is 9.59 Å². The van der Waals surface area contributed by atoms with E-state index in [1.165, 1.54) is 17.2 Å². The SMILES string of the molecule is O=C(CCc1cccc2ccccc12)Nc1ccccc1C(=O)N1CCCCC1. The van der Waals surface area contributed by atoms with Gasteiger partial charge in [-0.2, -0.15) is 0 Å². The van der Waals surface area contributed by atoms with Crippen LogP contribution in [0, 0.1) is 0 Å². The lowest BCUT2D eigenvalue weighted by atomic mass is 10.0. The van der Waals surface area contributed by atoms with Crippen LogP contribution in [0.3, 0.4) is 0 Å². The molecule has 148 valence electrons. The van der Waals surface area contributed by atoms with Gasteiger partial charge in [0.1, 0.15) is 0 Å². The van der Waals surface area contributed by atoms with Crippen LogP contribution in [0.25, 0.3) is 10.8 Å². The van der Waals surface area contributed by atoms with Crippen molar-refractivity contribution >= 4 is 28.3 Å². The molecule has 0 saturated carbocycles. The van der Waals surface area contributed by atoms with E-state index in [-0.39, 0.29) is 11.8 Å². The van der Waals surface area contributed by atoms with Gasteiger partial charge in [-0.1, -0.05) is 54.6 Å². The number of benzene rings is 3. The summed E-state index contributed by atoms with van der Waals surface area (Å²) in [6.07, 6.45) is 4.31. The molecule has 0 atom stereocenters. The fourth-order valence-corrected chi connectivity index (χ4v) is 4.02. The van der Waals surface area contributed by atoms with Crippen LogP contribution in [-0.4, -0.2) is 29.8 Å². The molecule has 3 aromatic rings. The lowest BCUT2D eigenvalue weighted by Gasteiger charge is -2.27. The fourth-order valence-electron chi connectivity index (χ4n) is 4.02. The van der Waals surface area contributed by atoms with Crippen LogP contribution in [0.2, 0.25) is 0 Å². The quantitative estimate of drug-likeness (QED) is 0.668. The second-order valence-corrected chi connectivity index (χ2v) is 7.58. The van der Waals surface area contributed by atoms with E-state index < -0.39 is 0 Å². The number of carbonyl (C=O) groups excluding carboxylic acids is 2. The minimum Gasteiger partial charge on any atom is -0.339 e. The molecule has 0 bridgehead atoms. The molecule has 3 aromatic carbocycles. The molecule has 1 saturated heterocycles. The highest BCUT2D eigenvalue weighted by Gasteiger charge is 2.21. The highest BCUT2D eigenvalue weighted by atomic mass is 16.2. The summed E-state index contributed by atoms with van der Waals surface area (Å²) < 4.78 is 0. The van der Waals surface area contributed by atoms with Gasteiger partial charge in [0, 0.05) is 19.5 Å². The maximum atomic E-state index is 12.9. The number of amides is 2. The van der Waals surface area contributed by atoms with E-state index in [0.29, 0.717) is 24.1 Å². The summed E-state index contributed by atoms with van der Waals surface area (Å²) in [7, 11) is 0. The average molecular weight is 386 g/mol. The summed E-state index contributed by atoms with van der Waals surface area (Å²) in [5.41, 5.74) is 2.34. The molecule has 0 spiro atoms. The number of hydrogen-bond donors (Lipinski definition) is 1. The van der Waals surface area contributed by atoms with Gasteiger partial charge in [-0.05, 0) is 54.2 Å². The molecule has 2 amide bonds. The molecule has 29 heavy (non-hydrogen) atoms. The van der Waals surface area contributed by atoms with E-state index in [1.54, 1.807) is 6.07 Å². The Hall–Kier alpha value is -3.14. The van der Waals surface area contributed by atoms with Crippen molar-refractivity contribution in [1.29, 1.82) is 0 Å². The predicted molar refractivity (Wildman–Crippen MR) is 117 cm³/mol. The van der Waals surface area contributed by atoms with E-state index in [0.717, 1.165) is 31.5 Å². The molecule has 0 aliphatic carbocycles. The van der Waals surface area contributed by atoms with Gasteiger partial charge in [0.15, 0.2) is 0 Å². The molecule has 1 aliphatic rings. The number of aryl methyl sites for hydroxylation is 1. The molecule has 1 fully saturated rings. The zero-order chi connectivity index (χ0) is 20.1. The highest BCUT2D eigenvalue weighted by molar-refractivity contribution is 6.03. The van der Waals surface area contributed by atoms with Crippen molar-refractivity contribution in [2.45, 2.75) is 32.1 Å². The predicted octanol–water partition coefficient (Wildman–Crippen LogP) is 5.04. The summed E-state index contributed by atoms with van der Waals surface area (Å²) >= 11 is 0. The van der Waals surface area contributed by atoms with Crippen molar-refractivity contribution in [2.24, 2.45) is 0 Å². The zero-order valence-electron chi connectivity index (χ0n) is 16.6. The summed E-state index contributed by atoms with van der Waals surface area (Å²) in [4.78, 5) is 27.4. The maximum Gasteiger partial charge on any atom is 0.255 e. The highest BCUT2D eigenvalue weighted by Crippen LogP contribution is 2.22. The summed E-state index contributed by atoms with van der Waals surface area (Å²) in [5, 5.41) is 5.33. The molecule has 0 aromatic heterocycles. The Morgan fingerprint density at radius 3 is 2.41 bits per heavy atom. The number of para-hydroxylation sites is 1. The Morgan fingerprint density at radius 1 is 0.828 bits per heavy atom. The van der Waals surface area contributed by atoms with Crippen LogP contribution in [0.15, 0.2) is 66.7 Å². The van der Waals surface area contributed by atoms with E-state index in [1.807, 2.05) is 41.3 Å². The Kier molecular flexibility index (Phi) is 5.89. The standard InChI is InChI=1S/C25H26N2O2/c28-24(16-15-20-11-8-10-19-9-2-3-12-21(19)20)26-23-14-5-4-13-22(23)25(29)27-17-6-1-7-18-27/h2-5,8-14H,1,6-7,15-18H2,(H,26,28). The second kappa shape index (κ2) is 8.91. The minimum absolute atomic E-state index is 0.00894. The van der Waals surface area contributed by atoms with Crippen LogP contribution < -0.4 is 5.32 Å². The average Bonchev–Trinajstić information content (AvgIpc) is 2.78. The minimum atomic E-state index is -0.0724. The molecular formula is C25H26N2O2. The first-order valence-corrected chi connectivity index (χ1v) is 10.4. The normalized spacial score (nSPS) is 14.0. The molecule has 1 aliphatic heterocycles. The fraction of sp³-hybridized carbons (Fsp3) is 0.280. The third kappa shape index (κ3) is 4.48. The summed E-state index contributed by atoms with van der Waals surface area (Å²) in [6.45, 7) is 1.59. The van der Waals surface area contributed by atoms with Crippen LogP contribution in [0.4, 0.5) is 5.69 Å². The second-order valence-electron chi connectivity index (χ2n) is 7.58. The number of nitrogens with one attached hydrogen (secondary N) is 1. The topological polar surface area (TPSA) is 49.4 Å². The lowest BCUT2D eigenvalue weighted by Crippen LogP contribution is -2.36. The third-order valence-electron chi connectivity index (χ3n) is 5.58. The smallest absolute Gasteiger partial charge is 0.255 e. The van der Waals surface area contributed by atoms with E-state index >= 15 is 0 Å². The van der Waals surface area contributed by atoms with Crippen molar-refractivity contribution in [3.63, 3.8) is 0 Å². The maximum absolute atomic E-state index is 12.9. The van der Waals surface area contributed by atoms with Crippen molar-refractivity contribution in [3.05, 3.63) is 77.9 Å². The first kappa shape index (κ1) is 19.2. The first-order chi connectivity index (χ1) is 14.2.